The molecule has 6 aliphatic rings. The van der Waals surface area contributed by atoms with Crippen molar-refractivity contribution in [3.05, 3.63) is 102 Å². The number of aryl methyl sites for hydroxylation is 1. The van der Waals surface area contributed by atoms with Crippen LogP contribution in [0.25, 0.3) is 21.7 Å². The zero-order chi connectivity index (χ0) is 57.5. The van der Waals surface area contributed by atoms with Crippen LogP contribution in [0.15, 0.2) is 89.0 Å². The number of nitrogens with one attached hydrogen (secondary N) is 1. The highest BCUT2D eigenvalue weighted by Crippen LogP contribution is 2.41. The number of pyridine rings is 1. The number of piperidine rings is 2. The summed E-state index contributed by atoms with van der Waals surface area (Å²) in [6.45, 7) is 11.7. The van der Waals surface area contributed by atoms with E-state index in [1.807, 2.05) is 81.9 Å². The van der Waals surface area contributed by atoms with E-state index in [4.69, 9.17) is 24.5 Å². The number of ether oxygens (including phenoxy) is 3. The molecule has 4 aromatic heterocycles. The van der Waals surface area contributed by atoms with E-state index >= 15 is 0 Å². The van der Waals surface area contributed by atoms with Crippen molar-refractivity contribution < 1.29 is 43.3 Å². The number of likely N-dealkylation sites (tertiary alicyclic amines) is 2. The van der Waals surface area contributed by atoms with Crippen molar-refractivity contribution in [2.24, 2.45) is 5.92 Å². The lowest BCUT2D eigenvalue weighted by Gasteiger charge is -2.43. The second-order valence-electron chi connectivity index (χ2n) is 23.6. The number of thiazole rings is 1. The maximum absolute atomic E-state index is 14.4. The summed E-state index contributed by atoms with van der Waals surface area (Å²) in [5, 5.41) is 37.3. The highest BCUT2D eigenvalue weighted by atomic mass is 32.1. The molecule has 5 N–H and O–H groups in total. The molecule has 2 bridgehead atoms. The lowest BCUT2D eigenvalue weighted by atomic mass is 9.91. The number of hydrogen-bond donors (Lipinski definition) is 4. The molecule has 3 amide bonds. The van der Waals surface area contributed by atoms with E-state index in [1.54, 1.807) is 34.4 Å². The van der Waals surface area contributed by atoms with Gasteiger partial charge in [-0.05, 0) is 80.8 Å². The molecule has 22 heteroatoms. The molecule has 83 heavy (non-hydrogen) atoms. The predicted octanol–water partition coefficient (Wildman–Crippen LogP) is 7.88. The number of phenolic OH excluding ortho intramolecular Hbond substituents is 1. The Kier molecular flexibility index (Phi) is 16.2. The molecular formula is C61H74N12O9S. The van der Waals surface area contributed by atoms with Crippen molar-refractivity contribution in [2.75, 3.05) is 66.2 Å². The third kappa shape index (κ3) is 12.0. The quantitative estimate of drug-likeness (QED) is 0.0719. The fraction of sp³-hybridized carbons (Fsp3) is 0.508. The van der Waals surface area contributed by atoms with Gasteiger partial charge in [0.25, 0.3) is 0 Å². The first-order valence-corrected chi connectivity index (χ1v) is 30.3. The van der Waals surface area contributed by atoms with Gasteiger partial charge in [0.2, 0.25) is 17.7 Å². The van der Waals surface area contributed by atoms with Crippen LogP contribution in [0.3, 0.4) is 0 Å². The van der Waals surface area contributed by atoms with Gasteiger partial charge in [-0.3, -0.25) is 9.59 Å². The Balaban J connectivity index is 0.562. The average molecular weight is 1150 g/mol. The number of aromatic hydroxyl groups is 1. The normalized spacial score (nSPS) is 23.8. The Morgan fingerprint density at radius 1 is 0.807 bits per heavy atom. The Hall–Kier alpha value is -7.56. The van der Waals surface area contributed by atoms with Crippen molar-refractivity contribution >= 4 is 52.3 Å². The second-order valence-corrected chi connectivity index (χ2v) is 24.5. The fourth-order valence-electron chi connectivity index (χ4n) is 13.1. The number of carbonyl (C=O) groups excluding carboxylic acids is 3. The molecule has 1 saturated carbocycles. The number of carbonyl (C=O) groups is 3. The Morgan fingerprint density at radius 3 is 2.25 bits per heavy atom. The third-order valence-corrected chi connectivity index (χ3v) is 18.7. The second kappa shape index (κ2) is 24.0. The van der Waals surface area contributed by atoms with Gasteiger partial charge >= 0.3 is 6.09 Å². The molecular weight excluding hydrogens is 1080 g/mol. The van der Waals surface area contributed by atoms with E-state index in [0.29, 0.717) is 73.6 Å². The van der Waals surface area contributed by atoms with Gasteiger partial charge in [0.05, 0.1) is 51.8 Å². The van der Waals surface area contributed by atoms with Crippen LogP contribution < -0.4 is 30.5 Å². The molecule has 0 radical (unpaired) electrons. The van der Waals surface area contributed by atoms with Gasteiger partial charge in [-0.15, -0.1) is 21.5 Å². The van der Waals surface area contributed by atoms with E-state index in [0.717, 1.165) is 84.7 Å². The fourth-order valence-corrected chi connectivity index (χ4v) is 13.9. The number of piperazine rings is 1. The first-order chi connectivity index (χ1) is 40.2. The molecule has 6 fully saturated rings. The number of benzene rings is 2. The Bertz CT molecular complexity index is 3250. The average Bonchev–Trinajstić information content (AvgIpc) is 4.03. The van der Waals surface area contributed by atoms with Crippen molar-refractivity contribution in [1.29, 1.82) is 0 Å². The van der Waals surface area contributed by atoms with Crippen LogP contribution in [-0.2, 0) is 19.1 Å². The van der Waals surface area contributed by atoms with Crippen LogP contribution in [0.5, 0.6) is 11.6 Å². The maximum atomic E-state index is 14.4. The first kappa shape index (κ1) is 55.9. The zero-order valence-electron chi connectivity index (χ0n) is 47.5. The number of nitrogen functional groups attached to an aromatic ring is 1. The molecule has 2 unspecified atom stereocenters. The number of rotatable bonds is 16. The van der Waals surface area contributed by atoms with Gasteiger partial charge in [-0.1, -0.05) is 55.4 Å². The molecule has 5 saturated heterocycles. The minimum atomic E-state index is -0.842. The third-order valence-electron chi connectivity index (χ3n) is 17.7. The van der Waals surface area contributed by atoms with Crippen LogP contribution in [0.2, 0.25) is 0 Å². The van der Waals surface area contributed by atoms with Gasteiger partial charge in [-0.25, -0.2) is 14.8 Å². The number of aliphatic hydroxyl groups excluding tert-OH is 1. The van der Waals surface area contributed by atoms with E-state index < -0.39 is 18.1 Å². The van der Waals surface area contributed by atoms with Crippen LogP contribution in [-0.4, -0.2) is 158 Å². The highest BCUT2D eigenvalue weighted by molar-refractivity contribution is 7.13. The number of para-hydroxylation sites is 1. The van der Waals surface area contributed by atoms with Crippen molar-refractivity contribution in [3.63, 3.8) is 0 Å². The molecule has 21 nitrogen and oxygen atoms in total. The number of anilines is 4. The van der Waals surface area contributed by atoms with Crippen molar-refractivity contribution in [2.45, 2.75) is 146 Å². The van der Waals surface area contributed by atoms with Gasteiger partial charge in [0, 0.05) is 120 Å². The monoisotopic (exact) mass is 1150 g/mol. The Labute approximate surface area is 487 Å². The number of hydrogen-bond acceptors (Lipinski definition) is 19. The molecule has 6 atom stereocenters. The summed E-state index contributed by atoms with van der Waals surface area (Å²) in [7, 11) is 0. The largest absolute Gasteiger partial charge is 0.507 e. The molecule has 438 valence electrons. The van der Waals surface area contributed by atoms with Crippen molar-refractivity contribution in [3.8, 4) is 33.3 Å². The van der Waals surface area contributed by atoms with Crippen LogP contribution in [0.1, 0.15) is 108 Å². The molecule has 0 spiro atoms. The summed E-state index contributed by atoms with van der Waals surface area (Å²) in [4.78, 5) is 61.8. The van der Waals surface area contributed by atoms with E-state index in [-0.39, 0.29) is 85.1 Å². The topological polar surface area (TPSA) is 251 Å². The number of aliphatic hydroxyl groups is 1. The van der Waals surface area contributed by atoms with Gasteiger partial charge in [0.15, 0.2) is 17.4 Å². The molecule has 1 aliphatic carbocycles. The maximum Gasteiger partial charge on any atom is 0.410 e. The summed E-state index contributed by atoms with van der Waals surface area (Å²) in [5.74, 6) is 0.624. The lowest BCUT2D eigenvalue weighted by Crippen LogP contribution is -2.54. The van der Waals surface area contributed by atoms with E-state index in [9.17, 15) is 24.6 Å². The summed E-state index contributed by atoms with van der Waals surface area (Å²) in [5.41, 5.74) is 14.3. The highest BCUT2D eigenvalue weighted by Gasteiger charge is 2.45. The van der Waals surface area contributed by atoms with Crippen molar-refractivity contribution in [1.82, 2.24) is 40.4 Å². The summed E-state index contributed by atoms with van der Waals surface area (Å²) in [6, 6.07) is 22.4. The number of phenols is 1. The standard InChI is InChI=1S/C61H74N12O9S/c1-35(2)56(60(77)72-33-43(74)26-51(72)59(76)65-36(3)38-9-11-39(12-10-38)57-37(4)64-34-83-57)53-30-54(68-82-53)69-21-16-45(17-22-69)81-61(78)70-23-18-44(19-24-70)79-46-27-47(28-46)80-55-25-40(15-20-63-55)73-41-13-14-42(73)32-71(31-41)50-29-49(66-67-58(50)62)48-7-5-6-8-52(48)75/h5-12,15,20,25,29-30,34-36,41-47,51,56,74-75H,13-14,16-19,21-24,26-28,31-33H2,1-4H3,(H2,62,67)(H,65,76)/t36-,41?,42?,43+,46-,47-,51-,56+/m0/s1. The molecule has 5 aliphatic heterocycles. The van der Waals surface area contributed by atoms with Crippen LogP contribution in [0, 0.1) is 12.8 Å². The number of fused-ring (bicyclic) bond motifs is 2. The molecule has 2 aromatic carbocycles. The van der Waals surface area contributed by atoms with Gasteiger partial charge in [-0.2, -0.15) is 0 Å². The Morgan fingerprint density at radius 2 is 1.54 bits per heavy atom. The van der Waals surface area contributed by atoms with E-state index in [2.05, 4.69) is 57.5 Å². The molecule has 6 aromatic rings. The van der Waals surface area contributed by atoms with Crippen LogP contribution >= 0.6 is 11.3 Å². The number of nitrogens with two attached hydrogens (primary N) is 1. The number of β-amino-alcohol motifs (C(OH)–C–C–N with tert-alkyl or cyclic N) is 1. The molecule has 12 rings (SSSR count). The van der Waals surface area contributed by atoms with Gasteiger partial charge < -0.3 is 64.5 Å². The zero-order valence-corrected chi connectivity index (χ0v) is 48.3. The predicted molar refractivity (Wildman–Crippen MR) is 313 cm³/mol. The summed E-state index contributed by atoms with van der Waals surface area (Å²) >= 11 is 1.59. The van der Waals surface area contributed by atoms with E-state index in [1.165, 1.54) is 4.90 Å². The van der Waals surface area contributed by atoms with Gasteiger partial charge in [0.1, 0.15) is 29.9 Å². The summed E-state index contributed by atoms with van der Waals surface area (Å²) < 4.78 is 24.9. The number of nitrogens with zero attached hydrogens (tertiary/aromatic N) is 10. The number of aromatic nitrogens is 5. The molecule has 9 heterocycles. The minimum absolute atomic E-state index is 0.0148. The first-order valence-electron chi connectivity index (χ1n) is 29.4. The smallest absolute Gasteiger partial charge is 0.410 e. The summed E-state index contributed by atoms with van der Waals surface area (Å²) in [6.07, 6.45) is 7.13. The SMILES string of the molecule is Cc1ncsc1-c1ccc([C@H](C)NC(=O)[C@@H]2C[C@@H](O)CN2C(=O)[C@@H](c2cc(N3CCC(OC(=O)N4CCC(O[C@H]5C[C@H](Oc6cc(N7C8CCC7CN(c7cc(-c9ccccc9O)nnc7N)C8)ccn6)C5)CC4)CC3)no2)C(C)C)cc1. The van der Waals surface area contributed by atoms with Crippen LogP contribution in [0.4, 0.5) is 27.8 Å². The minimum Gasteiger partial charge on any atom is -0.507 e. The lowest BCUT2D eigenvalue weighted by molar-refractivity contribution is -0.141. The number of amides is 3.